The van der Waals surface area contributed by atoms with Crippen LogP contribution in [0.15, 0.2) is 58.8 Å². The summed E-state index contributed by atoms with van der Waals surface area (Å²) in [6.07, 6.45) is 0. The van der Waals surface area contributed by atoms with Crippen LogP contribution in [0.2, 0.25) is 19.6 Å². The van der Waals surface area contributed by atoms with E-state index in [4.69, 9.17) is 4.74 Å². The summed E-state index contributed by atoms with van der Waals surface area (Å²) in [6, 6.07) is 15.3. The molecular formula is C18H20N2OSi. The van der Waals surface area contributed by atoms with Crippen LogP contribution >= 0.6 is 0 Å². The third kappa shape index (κ3) is 5.19. The van der Waals surface area contributed by atoms with Crippen LogP contribution in [0.1, 0.15) is 5.56 Å². The molecule has 0 saturated heterocycles. The molecule has 0 radical (unpaired) electrons. The Morgan fingerprint density at radius 2 is 1.32 bits per heavy atom. The molecule has 0 aliphatic rings. The summed E-state index contributed by atoms with van der Waals surface area (Å²) in [6.45, 7) is 6.70. The minimum absolute atomic E-state index is 0.795. The molecule has 0 fully saturated rings. The maximum absolute atomic E-state index is 5.11. The van der Waals surface area contributed by atoms with Gasteiger partial charge in [-0.1, -0.05) is 25.6 Å². The smallest absolute Gasteiger partial charge is 0.129 e. The molecule has 0 atom stereocenters. The van der Waals surface area contributed by atoms with E-state index >= 15 is 0 Å². The first-order chi connectivity index (χ1) is 10.5. The van der Waals surface area contributed by atoms with E-state index in [1.165, 1.54) is 0 Å². The lowest BCUT2D eigenvalue weighted by atomic mass is 10.2. The van der Waals surface area contributed by atoms with E-state index in [0.717, 1.165) is 22.7 Å². The first kappa shape index (κ1) is 16.0. The van der Waals surface area contributed by atoms with Crippen LogP contribution in [-0.2, 0) is 0 Å². The molecule has 0 spiro atoms. The van der Waals surface area contributed by atoms with Crippen molar-refractivity contribution in [2.24, 2.45) is 10.2 Å². The quantitative estimate of drug-likeness (QED) is 0.428. The van der Waals surface area contributed by atoms with Crippen molar-refractivity contribution in [1.29, 1.82) is 0 Å². The summed E-state index contributed by atoms with van der Waals surface area (Å²) in [5.74, 6) is 4.03. The molecule has 2 aromatic carbocycles. The lowest BCUT2D eigenvalue weighted by Gasteiger charge is -2.03. The van der Waals surface area contributed by atoms with Crippen LogP contribution in [0.5, 0.6) is 5.75 Å². The summed E-state index contributed by atoms with van der Waals surface area (Å²) in [5, 5.41) is 8.43. The second-order valence-electron chi connectivity index (χ2n) is 5.94. The Balaban J connectivity index is 2.06. The predicted molar refractivity (Wildman–Crippen MR) is 93.8 cm³/mol. The molecule has 0 heterocycles. The van der Waals surface area contributed by atoms with Crippen LogP contribution < -0.4 is 4.74 Å². The fraction of sp³-hybridized carbons (Fsp3) is 0.222. The summed E-state index contributed by atoms with van der Waals surface area (Å²) >= 11 is 0. The van der Waals surface area contributed by atoms with E-state index in [9.17, 15) is 0 Å². The second kappa shape index (κ2) is 7.06. The van der Waals surface area contributed by atoms with E-state index < -0.39 is 8.07 Å². The number of azo groups is 1. The van der Waals surface area contributed by atoms with Crippen molar-refractivity contribution in [1.82, 2.24) is 0 Å². The van der Waals surface area contributed by atoms with E-state index in [-0.39, 0.29) is 0 Å². The monoisotopic (exact) mass is 308 g/mol. The van der Waals surface area contributed by atoms with Crippen molar-refractivity contribution in [3.05, 3.63) is 54.1 Å². The van der Waals surface area contributed by atoms with Crippen molar-refractivity contribution < 1.29 is 4.74 Å². The molecule has 0 aliphatic carbocycles. The standard InChI is InChI=1S/C18H20N2OSi/c1-21-18-11-9-17(10-12-18)20-19-16-7-5-15(6-8-16)13-14-22(2,3)4/h5-12H,1-4H3. The van der Waals surface area contributed by atoms with E-state index in [1.807, 2.05) is 48.5 Å². The summed E-state index contributed by atoms with van der Waals surface area (Å²) in [4.78, 5) is 0. The van der Waals surface area contributed by atoms with Gasteiger partial charge in [-0.2, -0.15) is 10.2 Å². The van der Waals surface area contributed by atoms with E-state index in [2.05, 4.69) is 41.3 Å². The summed E-state index contributed by atoms with van der Waals surface area (Å²) < 4.78 is 5.11. The maximum atomic E-state index is 5.11. The number of methoxy groups -OCH3 is 1. The van der Waals surface area contributed by atoms with E-state index in [0.29, 0.717) is 0 Å². The highest BCUT2D eigenvalue weighted by molar-refractivity contribution is 6.83. The summed E-state index contributed by atoms with van der Waals surface area (Å²) in [7, 11) is 0.308. The highest BCUT2D eigenvalue weighted by atomic mass is 28.3. The third-order valence-corrected chi connectivity index (χ3v) is 3.68. The molecule has 0 amide bonds. The SMILES string of the molecule is COc1ccc(N=Nc2ccc(C#C[Si](C)(C)C)cc2)cc1. The van der Waals surface area contributed by atoms with Crippen molar-refractivity contribution in [2.75, 3.05) is 7.11 Å². The molecule has 112 valence electrons. The van der Waals surface area contributed by atoms with Crippen molar-refractivity contribution in [3.63, 3.8) is 0 Å². The Morgan fingerprint density at radius 3 is 1.77 bits per heavy atom. The molecule has 0 aliphatic heterocycles. The molecule has 2 rings (SSSR count). The molecular weight excluding hydrogens is 288 g/mol. The molecule has 22 heavy (non-hydrogen) atoms. The number of ether oxygens (including phenoxy) is 1. The Bertz CT molecular complexity index is 702. The Kier molecular flexibility index (Phi) is 5.13. The van der Waals surface area contributed by atoms with Gasteiger partial charge >= 0.3 is 0 Å². The molecule has 3 nitrogen and oxygen atoms in total. The zero-order valence-corrected chi connectivity index (χ0v) is 14.4. The lowest BCUT2D eigenvalue weighted by Crippen LogP contribution is -2.16. The van der Waals surface area contributed by atoms with Crippen molar-refractivity contribution >= 4 is 19.4 Å². The first-order valence-electron chi connectivity index (χ1n) is 7.15. The number of rotatable bonds is 3. The number of hydrogen-bond acceptors (Lipinski definition) is 3. The average molecular weight is 308 g/mol. The van der Waals surface area contributed by atoms with Gasteiger partial charge in [-0.15, -0.1) is 5.54 Å². The van der Waals surface area contributed by atoms with Gasteiger partial charge in [0.25, 0.3) is 0 Å². The fourth-order valence-corrected chi connectivity index (χ4v) is 2.15. The van der Waals surface area contributed by atoms with Crippen LogP contribution in [-0.4, -0.2) is 15.2 Å². The van der Waals surface area contributed by atoms with Gasteiger partial charge < -0.3 is 4.74 Å². The van der Waals surface area contributed by atoms with Crippen LogP contribution in [0.3, 0.4) is 0 Å². The van der Waals surface area contributed by atoms with Gasteiger partial charge in [0, 0.05) is 5.56 Å². The zero-order chi connectivity index (χ0) is 16.0. The molecule has 0 N–H and O–H groups in total. The Morgan fingerprint density at radius 1 is 0.818 bits per heavy atom. The van der Waals surface area contributed by atoms with Crippen molar-refractivity contribution in [2.45, 2.75) is 19.6 Å². The van der Waals surface area contributed by atoms with Gasteiger partial charge in [-0.25, -0.2) is 0 Å². The molecule has 0 aromatic heterocycles. The van der Waals surface area contributed by atoms with Crippen LogP contribution in [0.25, 0.3) is 0 Å². The van der Waals surface area contributed by atoms with Gasteiger partial charge in [0.05, 0.1) is 18.5 Å². The second-order valence-corrected chi connectivity index (χ2v) is 10.7. The zero-order valence-electron chi connectivity index (χ0n) is 13.4. The van der Waals surface area contributed by atoms with Gasteiger partial charge in [0.2, 0.25) is 0 Å². The van der Waals surface area contributed by atoms with Gasteiger partial charge in [-0.3, -0.25) is 0 Å². The normalized spacial score (nSPS) is 11.1. The number of hydrogen-bond donors (Lipinski definition) is 0. The van der Waals surface area contributed by atoms with Crippen LogP contribution in [0.4, 0.5) is 11.4 Å². The van der Waals surface area contributed by atoms with Crippen molar-refractivity contribution in [3.8, 4) is 17.2 Å². The highest BCUT2D eigenvalue weighted by Gasteiger charge is 2.07. The molecule has 0 saturated carbocycles. The maximum Gasteiger partial charge on any atom is 0.129 e. The predicted octanol–water partition coefficient (Wildman–Crippen LogP) is 5.34. The largest absolute Gasteiger partial charge is 0.497 e. The topological polar surface area (TPSA) is 34.0 Å². The Hall–Kier alpha value is -2.38. The van der Waals surface area contributed by atoms with Gasteiger partial charge in [-0.05, 0) is 48.5 Å². The van der Waals surface area contributed by atoms with Gasteiger partial charge in [0.1, 0.15) is 13.8 Å². The summed E-state index contributed by atoms with van der Waals surface area (Å²) in [5.41, 5.74) is 5.98. The minimum atomic E-state index is -1.33. The fourth-order valence-electron chi connectivity index (χ4n) is 1.64. The van der Waals surface area contributed by atoms with Gasteiger partial charge in [0.15, 0.2) is 0 Å². The van der Waals surface area contributed by atoms with E-state index in [1.54, 1.807) is 7.11 Å². The highest BCUT2D eigenvalue weighted by Crippen LogP contribution is 2.21. The first-order valence-corrected chi connectivity index (χ1v) is 10.7. The lowest BCUT2D eigenvalue weighted by molar-refractivity contribution is 0.415. The molecule has 0 bridgehead atoms. The third-order valence-electron chi connectivity index (χ3n) is 2.80. The molecule has 4 heteroatoms. The molecule has 2 aromatic rings. The molecule has 0 unspecified atom stereocenters. The minimum Gasteiger partial charge on any atom is -0.497 e. The average Bonchev–Trinajstić information content (AvgIpc) is 2.52. The Labute approximate surface area is 133 Å². The number of benzene rings is 2. The number of nitrogens with zero attached hydrogens (tertiary/aromatic N) is 2. The van der Waals surface area contributed by atoms with Crippen LogP contribution in [0, 0.1) is 11.5 Å².